The van der Waals surface area contributed by atoms with E-state index in [1.165, 1.54) is 0 Å². The van der Waals surface area contributed by atoms with Gasteiger partial charge in [-0.05, 0) is 0 Å². The van der Waals surface area contributed by atoms with Gasteiger partial charge in [-0.25, -0.2) is 13.5 Å². The van der Waals surface area contributed by atoms with Crippen molar-refractivity contribution in [2.45, 2.75) is 23.5 Å². The maximum absolute atomic E-state index is 12.1. The topological polar surface area (TPSA) is 9.23 Å². The van der Waals surface area contributed by atoms with Crippen LogP contribution in [0.15, 0.2) is 0 Å². The molecule has 1 nitrogen and oxygen atoms in total. The van der Waals surface area contributed by atoms with Crippen molar-refractivity contribution in [3.05, 3.63) is 0 Å². The predicted molar refractivity (Wildman–Crippen MR) is 32.5 cm³/mol. The Bertz CT molecular complexity index is 154. The lowest BCUT2D eigenvalue weighted by molar-refractivity contribution is -0.400. The van der Waals surface area contributed by atoms with E-state index in [1.54, 1.807) is 0 Å². The van der Waals surface area contributed by atoms with Gasteiger partial charge in [0.05, 0.1) is 0 Å². The number of ether oxygens (including phenoxy) is 1. The van der Waals surface area contributed by atoms with Gasteiger partial charge >= 0.3 is 18.6 Å². The molecule has 0 spiro atoms. The van der Waals surface area contributed by atoms with E-state index in [2.05, 4.69) is 27.9 Å². The van der Waals surface area contributed by atoms with Crippen LogP contribution in [0.5, 0.6) is 0 Å². The Kier molecular flexibility index (Phi) is 4.14. The first-order chi connectivity index (χ1) is 5.59. The maximum atomic E-state index is 12.1. The third-order valence-corrected chi connectivity index (χ3v) is 1.29. The molecule has 0 rings (SSSR count). The van der Waals surface area contributed by atoms with Gasteiger partial charge < -0.3 is 0 Å². The van der Waals surface area contributed by atoms with Crippen LogP contribution in [0.1, 0.15) is 0 Å². The van der Waals surface area contributed by atoms with Crippen LogP contribution in [-0.2, 0) is 4.74 Å². The Morgan fingerprint density at radius 3 is 1.54 bits per heavy atom. The van der Waals surface area contributed by atoms with Crippen molar-refractivity contribution in [3.63, 3.8) is 0 Å². The summed E-state index contributed by atoms with van der Waals surface area (Å²) in [5.74, 6) is 0. The van der Waals surface area contributed by atoms with Crippen molar-refractivity contribution in [2.24, 2.45) is 0 Å². The summed E-state index contributed by atoms with van der Waals surface area (Å²) >= 11 is 8.98. The van der Waals surface area contributed by atoms with E-state index in [9.17, 15) is 26.3 Å². The highest BCUT2D eigenvalue weighted by molar-refractivity contribution is 6.44. The van der Waals surface area contributed by atoms with Crippen molar-refractivity contribution < 1.29 is 31.1 Å². The quantitative estimate of drug-likeness (QED) is 0.550. The lowest BCUT2D eigenvalue weighted by Gasteiger charge is -2.23. The molecule has 0 aromatic rings. The van der Waals surface area contributed by atoms with Crippen LogP contribution in [0.3, 0.4) is 0 Å². The van der Waals surface area contributed by atoms with Gasteiger partial charge in [0.1, 0.15) is 0 Å². The molecule has 0 N–H and O–H groups in total. The third-order valence-electron chi connectivity index (χ3n) is 0.780. The molecule has 0 saturated carbocycles. The monoisotopic (exact) mass is 250 g/mol. The van der Waals surface area contributed by atoms with Gasteiger partial charge in [-0.2, -0.15) is 17.6 Å². The summed E-state index contributed by atoms with van der Waals surface area (Å²) in [6.07, 6.45) is -14.4. The zero-order valence-corrected chi connectivity index (χ0v) is 7.10. The van der Waals surface area contributed by atoms with Gasteiger partial charge in [-0.3, -0.25) is 0 Å². The van der Waals surface area contributed by atoms with Crippen LogP contribution in [0.4, 0.5) is 26.3 Å². The summed E-state index contributed by atoms with van der Waals surface area (Å²) in [5.41, 5.74) is 0. The van der Waals surface area contributed by atoms with Crippen LogP contribution in [-0.4, -0.2) is 23.5 Å². The second-order valence-electron chi connectivity index (χ2n) is 1.83. The standard InChI is InChI=1S/C4H2Cl2F6O/c5-1(6)3(9,10)13-4(11,12)2(7)8/h1-2H. The van der Waals surface area contributed by atoms with Crippen LogP contribution in [0, 0.1) is 0 Å². The second kappa shape index (κ2) is 4.10. The van der Waals surface area contributed by atoms with E-state index in [0.29, 0.717) is 0 Å². The lowest BCUT2D eigenvalue weighted by Crippen LogP contribution is -2.41. The van der Waals surface area contributed by atoms with Gasteiger partial charge in [0.25, 0.3) is 0 Å². The molecule has 0 aliphatic rings. The number of rotatable bonds is 4. The fourth-order valence-electron chi connectivity index (χ4n) is 0.271. The average Bonchev–Trinajstić information content (AvgIpc) is 1.83. The number of hydrogen-bond donors (Lipinski definition) is 0. The molecule has 0 fully saturated rings. The van der Waals surface area contributed by atoms with E-state index in [1.807, 2.05) is 0 Å². The molecule has 80 valence electrons. The summed E-state index contributed by atoms with van der Waals surface area (Å²) in [6.45, 7) is 0. The minimum Gasteiger partial charge on any atom is -0.248 e. The Labute approximate surface area is 78.5 Å². The SMILES string of the molecule is FC(F)C(F)(F)OC(F)(F)C(Cl)Cl. The van der Waals surface area contributed by atoms with Gasteiger partial charge in [0.15, 0.2) is 4.84 Å². The first-order valence-corrected chi connectivity index (χ1v) is 3.49. The first kappa shape index (κ1) is 13.1. The zero-order valence-electron chi connectivity index (χ0n) is 5.59. The van der Waals surface area contributed by atoms with Gasteiger partial charge in [-0.1, -0.05) is 23.2 Å². The molecule has 13 heavy (non-hydrogen) atoms. The van der Waals surface area contributed by atoms with Crippen LogP contribution < -0.4 is 0 Å². The zero-order chi connectivity index (χ0) is 10.9. The molecular weight excluding hydrogens is 249 g/mol. The van der Waals surface area contributed by atoms with Crippen LogP contribution >= 0.6 is 23.2 Å². The normalized spacial score (nSPS) is 14.3. The highest BCUT2D eigenvalue weighted by Gasteiger charge is 2.53. The third kappa shape index (κ3) is 3.78. The summed E-state index contributed by atoms with van der Waals surface area (Å²) in [5, 5.41) is 0. The Morgan fingerprint density at radius 1 is 0.923 bits per heavy atom. The second-order valence-corrected chi connectivity index (χ2v) is 2.92. The van der Waals surface area contributed by atoms with Crippen molar-refractivity contribution in [1.29, 1.82) is 0 Å². The molecule has 0 aliphatic carbocycles. The number of alkyl halides is 8. The van der Waals surface area contributed by atoms with Gasteiger partial charge in [0, 0.05) is 0 Å². The van der Waals surface area contributed by atoms with E-state index in [0.717, 1.165) is 0 Å². The molecule has 0 radical (unpaired) electrons. The minimum atomic E-state index is -5.29. The molecule has 0 saturated heterocycles. The highest BCUT2D eigenvalue weighted by atomic mass is 35.5. The molecule has 9 heteroatoms. The fourth-order valence-corrected chi connectivity index (χ4v) is 0.360. The van der Waals surface area contributed by atoms with Crippen molar-refractivity contribution in [3.8, 4) is 0 Å². The van der Waals surface area contributed by atoms with E-state index in [-0.39, 0.29) is 0 Å². The van der Waals surface area contributed by atoms with E-state index >= 15 is 0 Å². The lowest BCUT2D eigenvalue weighted by atomic mass is 10.6. The van der Waals surface area contributed by atoms with Gasteiger partial charge in [-0.15, -0.1) is 0 Å². The molecule has 0 amide bonds. The molecule has 0 heterocycles. The summed E-state index contributed by atoms with van der Waals surface area (Å²) in [6, 6.07) is 0. The molecule has 0 bridgehead atoms. The van der Waals surface area contributed by atoms with Crippen LogP contribution in [0.2, 0.25) is 0 Å². The molecule has 0 aromatic heterocycles. The maximum Gasteiger partial charge on any atom is 0.421 e. The van der Waals surface area contributed by atoms with Crippen molar-refractivity contribution in [1.82, 2.24) is 0 Å². The molecule has 0 aliphatic heterocycles. The van der Waals surface area contributed by atoms with Gasteiger partial charge in [0.2, 0.25) is 0 Å². The molecular formula is C4H2Cl2F6O. The molecule has 0 atom stereocenters. The fraction of sp³-hybridized carbons (Fsp3) is 1.00. The summed E-state index contributed by atoms with van der Waals surface area (Å²) < 4.78 is 73.0. The van der Waals surface area contributed by atoms with Crippen LogP contribution in [0.25, 0.3) is 0 Å². The Hall–Kier alpha value is 0.120. The largest absolute Gasteiger partial charge is 0.421 e. The number of halogens is 8. The highest BCUT2D eigenvalue weighted by Crippen LogP contribution is 2.36. The first-order valence-electron chi connectivity index (χ1n) is 2.61. The Balaban J connectivity index is 4.42. The summed E-state index contributed by atoms with van der Waals surface area (Å²) in [4.78, 5) is -2.66. The average molecular weight is 251 g/mol. The molecule has 0 unspecified atom stereocenters. The smallest absolute Gasteiger partial charge is 0.248 e. The van der Waals surface area contributed by atoms with E-state index < -0.39 is 23.5 Å². The van der Waals surface area contributed by atoms with E-state index in [4.69, 9.17) is 0 Å². The number of hydrogen-bond acceptors (Lipinski definition) is 1. The minimum absolute atomic E-state index is 2.47. The molecule has 0 aromatic carbocycles. The summed E-state index contributed by atoms with van der Waals surface area (Å²) in [7, 11) is 0. The predicted octanol–water partition coefficient (Wildman–Crippen LogP) is 3.26. The Morgan fingerprint density at radius 2 is 1.31 bits per heavy atom. The van der Waals surface area contributed by atoms with Crippen molar-refractivity contribution >= 4 is 23.2 Å². The van der Waals surface area contributed by atoms with Crippen molar-refractivity contribution in [2.75, 3.05) is 0 Å².